The molecular weight excluding hydrogens is 333 g/mol. The van der Waals surface area contributed by atoms with Crippen molar-refractivity contribution in [3.63, 3.8) is 0 Å². The fraction of sp³-hybridized carbons (Fsp3) is 0. The molecule has 0 radical (unpaired) electrons. The van der Waals surface area contributed by atoms with E-state index in [-0.39, 0.29) is 35.3 Å². The maximum absolute atomic E-state index is 11.4. The van der Waals surface area contributed by atoms with Crippen molar-refractivity contribution in [1.82, 2.24) is 15.0 Å². The molecule has 0 N–H and O–H groups in total. The Morgan fingerprint density at radius 1 is 0.577 bits per heavy atom. The van der Waals surface area contributed by atoms with E-state index < -0.39 is 0 Å². The smallest absolute Gasteiger partial charge is 0.872 e. The van der Waals surface area contributed by atoms with Crippen molar-refractivity contribution in [1.29, 1.82) is 0 Å². The number of benzene rings is 1. The molecule has 1 aromatic carbocycles. The maximum atomic E-state index is 11.4. The predicted octanol–water partition coefficient (Wildman–Crippen LogP) is 0.950. The zero-order valence-corrected chi connectivity index (χ0v) is 16.3. The Kier molecular flexibility index (Phi) is 5.78. The third-order valence-electron chi connectivity index (χ3n) is 3.87. The van der Waals surface area contributed by atoms with Crippen LogP contribution in [0.5, 0.6) is 5.75 Å². The van der Waals surface area contributed by atoms with Crippen LogP contribution in [0.1, 0.15) is 0 Å². The van der Waals surface area contributed by atoms with Gasteiger partial charge in [-0.25, -0.2) is 4.98 Å². The molecule has 0 spiro atoms. The first-order valence-corrected chi connectivity index (χ1v) is 7.92. The van der Waals surface area contributed by atoms with E-state index in [1.807, 2.05) is 60.7 Å². The summed E-state index contributed by atoms with van der Waals surface area (Å²) in [5.41, 5.74) is 5.05. The molecule has 4 aromatic rings. The summed E-state index contributed by atoms with van der Waals surface area (Å²) in [5, 5.41) is 11.4. The molecule has 0 amide bonds. The van der Waals surface area contributed by atoms with Crippen molar-refractivity contribution in [3.05, 3.63) is 85.2 Å². The van der Waals surface area contributed by atoms with E-state index in [0.717, 1.165) is 33.9 Å². The average molecular weight is 347 g/mol. The van der Waals surface area contributed by atoms with Gasteiger partial charge in [0, 0.05) is 12.4 Å². The zero-order chi connectivity index (χ0) is 17.1. The largest absolute Gasteiger partial charge is 1.00 e. The zero-order valence-electron chi connectivity index (χ0n) is 14.3. The first-order chi connectivity index (χ1) is 12.3. The van der Waals surface area contributed by atoms with E-state index in [2.05, 4.69) is 9.97 Å². The molecule has 26 heavy (non-hydrogen) atoms. The molecule has 0 saturated heterocycles. The summed E-state index contributed by atoms with van der Waals surface area (Å²) in [5.74, 6) is -0.00675. The molecule has 0 unspecified atom stereocenters. The Morgan fingerprint density at radius 2 is 1.12 bits per heavy atom. The summed E-state index contributed by atoms with van der Waals surface area (Å²) >= 11 is 0. The molecule has 5 heteroatoms. The molecule has 0 saturated carbocycles. The predicted molar refractivity (Wildman–Crippen MR) is 95.6 cm³/mol. The first kappa shape index (κ1) is 18.3. The van der Waals surface area contributed by atoms with Crippen LogP contribution in [0.3, 0.4) is 0 Å². The number of hydrogen-bond acceptors (Lipinski definition) is 4. The third-order valence-corrected chi connectivity index (χ3v) is 3.87. The summed E-state index contributed by atoms with van der Waals surface area (Å²) in [6.45, 7) is 0. The van der Waals surface area contributed by atoms with Crippen LogP contribution in [-0.2, 0) is 0 Å². The van der Waals surface area contributed by atoms with Crippen LogP contribution in [0.15, 0.2) is 85.2 Å². The van der Waals surface area contributed by atoms with Crippen molar-refractivity contribution >= 4 is 0 Å². The molecule has 120 valence electrons. The normalized spacial score (nSPS) is 10.2. The molecule has 0 atom stereocenters. The van der Waals surface area contributed by atoms with Crippen LogP contribution in [-0.4, -0.2) is 15.0 Å². The van der Waals surface area contributed by atoms with Crippen molar-refractivity contribution in [2.24, 2.45) is 0 Å². The van der Waals surface area contributed by atoms with Crippen LogP contribution >= 0.6 is 0 Å². The molecule has 0 aliphatic carbocycles. The van der Waals surface area contributed by atoms with Crippen LogP contribution in [0.4, 0.5) is 0 Å². The molecule has 4 rings (SSSR count). The van der Waals surface area contributed by atoms with Crippen molar-refractivity contribution < 1.29 is 34.7 Å². The fourth-order valence-electron chi connectivity index (χ4n) is 2.64. The van der Waals surface area contributed by atoms with E-state index in [9.17, 15) is 5.11 Å². The van der Waals surface area contributed by atoms with E-state index in [1.165, 1.54) is 0 Å². The van der Waals surface area contributed by atoms with Gasteiger partial charge < -0.3 is 5.11 Å². The number of nitrogens with zero attached hydrogens (tertiary/aromatic N) is 3. The van der Waals surface area contributed by atoms with Gasteiger partial charge in [-0.05, 0) is 47.5 Å². The van der Waals surface area contributed by atoms with Gasteiger partial charge in [0.25, 0.3) is 0 Å². The van der Waals surface area contributed by atoms with Crippen LogP contribution < -0.4 is 34.7 Å². The maximum Gasteiger partial charge on any atom is 1.00 e. The summed E-state index contributed by atoms with van der Waals surface area (Å²) in [6, 6.07) is 22.2. The molecular formula is C21H14N3NaO. The van der Waals surface area contributed by atoms with Gasteiger partial charge in [-0.2, -0.15) is 0 Å². The van der Waals surface area contributed by atoms with Gasteiger partial charge >= 0.3 is 29.6 Å². The number of pyridine rings is 3. The second-order valence-corrected chi connectivity index (χ2v) is 5.58. The van der Waals surface area contributed by atoms with Crippen molar-refractivity contribution in [3.8, 4) is 39.7 Å². The van der Waals surface area contributed by atoms with Gasteiger partial charge in [0.15, 0.2) is 0 Å². The first-order valence-electron chi connectivity index (χ1n) is 7.92. The molecule has 4 nitrogen and oxygen atoms in total. The van der Waals surface area contributed by atoms with Gasteiger partial charge in [0.2, 0.25) is 0 Å². The Balaban J connectivity index is 0.00000196. The van der Waals surface area contributed by atoms with Crippen LogP contribution in [0.25, 0.3) is 33.9 Å². The second kappa shape index (κ2) is 8.23. The SMILES string of the molecule is [Na+].[O-]c1ccc(-c2cc(-c3ccccn3)nc(-c3ccccn3)c2)cc1. The molecule has 3 heterocycles. The summed E-state index contributed by atoms with van der Waals surface area (Å²) < 4.78 is 0. The Morgan fingerprint density at radius 3 is 1.58 bits per heavy atom. The fourth-order valence-corrected chi connectivity index (χ4v) is 2.64. The quantitative estimate of drug-likeness (QED) is 0.518. The van der Waals surface area contributed by atoms with Crippen LogP contribution in [0, 0.1) is 0 Å². The number of rotatable bonds is 3. The molecule has 0 aliphatic heterocycles. The van der Waals surface area contributed by atoms with Gasteiger partial charge in [0.1, 0.15) is 0 Å². The Labute approximate surface area is 173 Å². The standard InChI is InChI=1S/C21H15N3O.Na/c25-17-9-7-15(8-10-17)16-13-20(18-5-1-3-11-22-18)24-21(14-16)19-6-2-4-12-23-19;/h1-14,25H;/q;+1/p-1. The van der Waals surface area contributed by atoms with Crippen molar-refractivity contribution in [2.75, 3.05) is 0 Å². The Bertz CT molecular complexity index is 933. The third kappa shape index (κ3) is 3.99. The van der Waals surface area contributed by atoms with Gasteiger partial charge in [-0.3, -0.25) is 9.97 Å². The topological polar surface area (TPSA) is 61.7 Å². The van der Waals surface area contributed by atoms with Crippen molar-refractivity contribution in [2.45, 2.75) is 0 Å². The van der Waals surface area contributed by atoms with Crippen LogP contribution in [0.2, 0.25) is 0 Å². The van der Waals surface area contributed by atoms with Gasteiger partial charge in [-0.15, -0.1) is 5.75 Å². The summed E-state index contributed by atoms with van der Waals surface area (Å²) in [6.07, 6.45) is 3.49. The molecule has 3 aromatic heterocycles. The average Bonchev–Trinajstić information content (AvgIpc) is 2.69. The minimum atomic E-state index is -0.00675. The molecule has 0 aliphatic rings. The monoisotopic (exact) mass is 347 g/mol. The molecule has 0 bridgehead atoms. The van der Waals surface area contributed by atoms with Gasteiger partial charge in [-0.1, -0.05) is 36.4 Å². The van der Waals surface area contributed by atoms with E-state index in [4.69, 9.17) is 4.98 Å². The molecule has 0 fully saturated rings. The Hall–Kier alpha value is -2.53. The minimum absolute atomic E-state index is 0. The number of aromatic nitrogens is 3. The van der Waals surface area contributed by atoms with E-state index >= 15 is 0 Å². The minimum Gasteiger partial charge on any atom is -0.872 e. The second-order valence-electron chi connectivity index (χ2n) is 5.58. The number of hydrogen-bond donors (Lipinski definition) is 0. The summed E-state index contributed by atoms with van der Waals surface area (Å²) in [7, 11) is 0. The summed E-state index contributed by atoms with van der Waals surface area (Å²) in [4.78, 5) is 13.5. The van der Waals surface area contributed by atoms with E-state index in [0.29, 0.717) is 0 Å². The van der Waals surface area contributed by atoms with E-state index in [1.54, 1.807) is 24.5 Å². The van der Waals surface area contributed by atoms with Gasteiger partial charge in [0.05, 0.1) is 22.8 Å².